The number of hydrogen-bond acceptors (Lipinski definition) is 5. The fraction of sp³-hybridized carbons (Fsp3) is 0.269. The Balaban J connectivity index is 1.71. The summed E-state index contributed by atoms with van der Waals surface area (Å²) in [6, 6.07) is 12.8. The van der Waals surface area contributed by atoms with Crippen molar-refractivity contribution in [3.05, 3.63) is 86.4 Å². The predicted octanol–water partition coefficient (Wildman–Crippen LogP) is 6.16. The molecule has 0 saturated heterocycles. The van der Waals surface area contributed by atoms with Crippen molar-refractivity contribution in [3.8, 4) is 0 Å². The third-order valence-electron chi connectivity index (χ3n) is 5.16. The normalized spacial score (nSPS) is 17.1. The van der Waals surface area contributed by atoms with Crippen LogP contribution in [0.5, 0.6) is 0 Å². The van der Waals surface area contributed by atoms with E-state index in [0.29, 0.717) is 40.1 Å². The molecule has 0 saturated carbocycles. The van der Waals surface area contributed by atoms with E-state index in [2.05, 4.69) is 0 Å². The number of carbonyl (C=O) groups is 2. The van der Waals surface area contributed by atoms with Crippen LogP contribution in [0.4, 0.5) is 0 Å². The molecule has 170 valence electrons. The number of rotatable bonds is 3. The largest absolute Gasteiger partial charge is 0.460 e. The molecule has 0 atom stereocenters. The van der Waals surface area contributed by atoms with Crippen LogP contribution in [0, 0.1) is 0 Å². The molecule has 2 aliphatic rings. The lowest BCUT2D eigenvalue weighted by Gasteiger charge is -2.22. The summed E-state index contributed by atoms with van der Waals surface area (Å²) in [6.07, 6.45) is 1.90. The van der Waals surface area contributed by atoms with E-state index in [1.54, 1.807) is 45.0 Å². The van der Waals surface area contributed by atoms with Crippen LogP contribution in [0.2, 0.25) is 10.0 Å². The smallest absolute Gasteiger partial charge is 0.339 e. The Kier molecular flexibility index (Phi) is 6.46. The van der Waals surface area contributed by atoms with Gasteiger partial charge in [-0.05, 0) is 50.6 Å². The maximum atomic E-state index is 12.8. The second kappa shape index (κ2) is 9.16. The minimum absolute atomic E-state index is 0.00927. The first-order valence-corrected chi connectivity index (χ1v) is 11.3. The van der Waals surface area contributed by atoms with Crippen LogP contribution in [0.25, 0.3) is 5.76 Å². The van der Waals surface area contributed by atoms with E-state index in [-0.39, 0.29) is 6.42 Å². The summed E-state index contributed by atoms with van der Waals surface area (Å²) in [7, 11) is 0. The van der Waals surface area contributed by atoms with Crippen molar-refractivity contribution in [3.63, 3.8) is 0 Å². The number of fused-ring (bicyclic) bond motifs is 2. The van der Waals surface area contributed by atoms with Gasteiger partial charge in [-0.25, -0.2) is 4.79 Å². The van der Waals surface area contributed by atoms with Crippen LogP contribution < -0.4 is 0 Å². The van der Waals surface area contributed by atoms with E-state index < -0.39 is 17.5 Å². The quantitative estimate of drug-likeness (QED) is 0.387. The minimum atomic E-state index is -0.589. The lowest BCUT2D eigenvalue weighted by Crippen LogP contribution is -2.23. The Hall–Kier alpha value is -2.89. The van der Waals surface area contributed by atoms with Crippen LogP contribution in [0.3, 0.4) is 0 Å². The third-order valence-corrected chi connectivity index (χ3v) is 5.72. The molecule has 0 amide bonds. The van der Waals surface area contributed by atoms with Crippen molar-refractivity contribution in [2.45, 2.75) is 39.2 Å². The van der Waals surface area contributed by atoms with Crippen molar-refractivity contribution >= 4 is 46.6 Å². The Morgan fingerprint density at radius 2 is 1.88 bits per heavy atom. The van der Waals surface area contributed by atoms with Crippen molar-refractivity contribution in [1.82, 2.24) is 0 Å². The molecule has 0 aromatic heterocycles. The molecule has 2 aromatic rings. The van der Waals surface area contributed by atoms with Gasteiger partial charge in [-0.3, -0.25) is 9.79 Å². The second-order valence-corrected chi connectivity index (χ2v) is 9.70. The average molecular weight is 484 g/mol. The highest BCUT2D eigenvalue weighted by molar-refractivity contribution is 6.36. The molecule has 0 unspecified atom stereocenters. The molecule has 0 spiro atoms. The van der Waals surface area contributed by atoms with Gasteiger partial charge in [0.2, 0.25) is 0 Å². The van der Waals surface area contributed by atoms with E-state index in [0.717, 1.165) is 22.3 Å². The minimum Gasteiger partial charge on any atom is -0.460 e. The summed E-state index contributed by atoms with van der Waals surface area (Å²) >= 11 is 12.8. The SMILES string of the molecule is CC(C)(C)OC(=O)C/C=C1\CC2=C(OC1=O)c1ccc(Cl)cc1C(c1ccccc1Cl)=NC2. The van der Waals surface area contributed by atoms with Crippen molar-refractivity contribution in [1.29, 1.82) is 0 Å². The first kappa shape index (κ1) is 23.3. The van der Waals surface area contributed by atoms with Gasteiger partial charge >= 0.3 is 11.9 Å². The summed E-state index contributed by atoms with van der Waals surface area (Å²) in [5.41, 5.74) is 3.59. The molecule has 0 N–H and O–H groups in total. The Bertz CT molecular complexity index is 1240. The zero-order valence-electron chi connectivity index (χ0n) is 18.6. The highest BCUT2D eigenvalue weighted by Gasteiger charge is 2.31. The second-order valence-electron chi connectivity index (χ2n) is 8.85. The van der Waals surface area contributed by atoms with Gasteiger partial charge in [0.25, 0.3) is 0 Å². The molecule has 0 fully saturated rings. The number of carbonyl (C=O) groups excluding carboxylic acids is 2. The summed E-state index contributed by atoms with van der Waals surface area (Å²) in [4.78, 5) is 29.7. The standard InChI is InChI=1S/C26H23Cl2NO4/c1-26(2,3)33-22(30)11-8-15-12-16-14-29-23(19-6-4-5-7-21(19)28)20-13-17(27)9-10-18(20)24(16)32-25(15)31/h4-10,13H,11-12,14H2,1-3H3/b15-8+. The van der Waals surface area contributed by atoms with Crippen LogP contribution >= 0.6 is 23.2 Å². The van der Waals surface area contributed by atoms with E-state index in [1.165, 1.54) is 0 Å². The maximum absolute atomic E-state index is 12.8. The number of esters is 2. The number of aliphatic imine (C=N–C) groups is 1. The highest BCUT2D eigenvalue weighted by Crippen LogP contribution is 2.38. The van der Waals surface area contributed by atoms with Crippen molar-refractivity contribution in [2.24, 2.45) is 4.99 Å². The molecule has 7 heteroatoms. The molecule has 2 aliphatic heterocycles. The number of halogens is 2. The van der Waals surface area contributed by atoms with Crippen LogP contribution in [-0.2, 0) is 19.1 Å². The fourth-order valence-electron chi connectivity index (χ4n) is 3.78. The van der Waals surface area contributed by atoms with E-state index in [9.17, 15) is 9.59 Å². The first-order valence-electron chi connectivity index (χ1n) is 10.6. The number of hydrogen-bond donors (Lipinski definition) is 0. The zero-order chi connectivity index (χ0) is 23.8. The number of nitrogens with zero attached hydrogens (tertiary/aromatic N) is 1. The van der Waals surface area contributed by atoms with Gasteiger partial charge in [-0.1, -0.05) is 47.5 Å². The van der Waals surface area contributed by atoms with Crippen molar-refractivity contribution < 1.29 is 19.1 Å². The van der Waals surface area contributed by atoms with E-state index in [1.807, 2.05) is 24.3 Å². The lowest BCUT2D eigenvalue weighted by atomic mass is 9.93. The number of ether oxygens (including phenoxy) is 2. The molecular weight excluding hydrogens is 461 g/mol. The maximum Gasteiger partial charge on any atom is 0.339 e. The summed E-state index contributed by atoms with van der Waals surface area (Å²) in [5, 5.41) is 1.11. The summed E-state index contributed by atoms with van der Waals surface area (Å²) < 4.78 is 11.1. The van der Waals surface area contributed by atoms with Gasteiger partial charge in [0.1, 0.15) is 11.4 Å². The molecule has 2 heterocycles. The predicted molar refractivity (Wildman–Crippen MR) is 130 cm³/mol. The summed E-state index contributed by atoms with van der Waals surface area (Å²) in [5.74, 6) is -0.409. The monoisotopic (exact) mass is 483 g/mol. The molecule has 5 nitrogen and oxygen atoms in total. The van der Waals surface area contributed by atoms with Crippen LogP contribution in [0.1, 0.15) is 50.3 Å². The zero-order valence-corrected chi connectivity index (χ0v) is 20.1. The van der Waals surface area contributed by atoms with Crippen LogP contribution in [-0.4, -0.2) is 29.8 Å². The topological polar surface area (TPSA) is 65.0 Å². The molecule has 4 rings (SSSR count). The molecular formula is C26H23Cl2NO4. The Morgan fingerprint density at radius 3 is 2.61 bits per heavy atom. The molecule has 0 bridgehead atoms. The van der Waals surface area contributed by atoms with Gasteiger partial charge in [-0.15, -0.1) is 0 Å². The van der Waals surface area contributed by atoms with Gasteiger partial charge in [0, 0.05) is 38.7 Å². The molecule has 0 aliphatic carbocycles. The van der Waals surface area contributed by atoms with Gasteiger partial charge in [0.15, 0.2) is 0 Å². The molecule has 33 heavy (non-hydrogen) atoms. The molecule has 2 aromatic carbocycles. The Labute approximate surface area is 202 Å². The molecule has 0 radical (unpaired) electrons. The van der Waals surface area contributed by atoms with Gasteiger partial charge < -0.3 is 9.47 Å². The van der Waals surface area contributed by atoms with Crippen LogP contribution in [0.15, 0.2) is 64.7 Å². The van der Waals surface area contributed by atoms with Crippen molar-refractivity contribution in [2.75, 3.05) is 6.54 Å². The highest BCUT2D eigenvalue weighted by atomic mass is 35.5. The fourth-order valence-corrected chi connectivity index (χ4v) is 4.18. The summed E-state index contributed by atoms with van der Waals surface area (Å²) in [6.45, 7) is 5.72. The third kappa shape index (κ3) is 5.21. The Morgan fingerprint density at radius 1 is 1.12 bits per heavy atom. The van der Waals surface area contributed by atoms with E-state index >= 15 is 0 Å². The first-order chi connectivity index (χ1) is 15.6. The van der Waals surface area contributed by atoms with Gasteiger partial charge in [0.05, 0.1) is 18.7 Å². The van der Waals surface area contributed by atoms with Gasteiger partial charge in [-0.2, -0.15) is 0 Å². The lowest BCUT2D eigenvalue weighted by molar-refractivity contribution is -0.153. The number of benzene rings is 2. The van der Waals surface area contributed by atoms with E-state index in [4.69, 9.17) is 37.7 Å². The average Bonchev–Trinajstić information content (AvgIpc) is 2.88.